The summed E-state index contributed by atoms with van der Waals surface area (Å²) in [5, 5.41) is 9.00. The second kappa shape index (κ2) is 8.64. The van der Waals surface area contributed by atoms with Crippen molar-refractivity contribution in [3.05, 3.63) is 35.9 Å². The maximum atomic E-state index is 12.3. The largest absolute Gasteiger partial charge is 0.445 e. The van der Waals surface area contributed by atoms with Crippen LogP contribution in [0.5, 0.6) is 0 Å². The summed E-state index contributed by atoms with van der Waals surface area (Å²) < 4.78 is 10.7. The summed E-state index contributed by atoms with van der Waals surface area (Å²) in [4.78, 5) is 14.0. The van der Waals surface area contributed by atoms with E-state index in [2.05, 4.69) is 0 Å². The molecular weight excluding hydrogens is 270 g/mol. The van der Waals surface area contributed by atoms with E-state index in [-0.39, 0.29) is 25.3 Å². The van der Waals surface area contributed by atoms with E-state index in [0.717, 1.165) is 18.4 Å². The van der Waals surface area contributed by atoms with Crippen LogP contribution >= 0.6 is 0 Å². The summed E-state index contributed by atoms with van der Waals surface area (Å²) in [6.45, 7) is 2.22. The Balaban J connectivity index is 1.90. The highest BCUT2D eigenvalue weighted by atomic mass is 16.6. The van der Waals surface area contributed by atoms with Crippen molar-refractivity contribution in [2.24, 2.45) is 0 Å². The van der Waals surface area contributed by atoms with Crippen molar-refractivity contribution in [3.63, 3.8) is 0 Å². The van der Waals surface area contributed by atoms with Gasteiger partial charge in [0.25, 0.3) is 0 Å². The van der Waals surface area contributed by atoms with Crippen molar-refractivity contribution in [2.45, 2.75) is 31.9 Å². The zero-order valence-corrected chi connectivity index (χ0v) is 12.2. The molecule has 0 aromatic heterocycles. The van der Waals surface area contributed by atoms with Gasteiger partial charge in [-0.05, 0) is 24.8 Å². The molecule has 1 N–H and O–H groups in total. The average Bonchev–Trinajstić information content (AvgIpc) is 2.55. The van der Waals surface area contributed by atoms with Gasteiger partial charge in [0, 0.05) is 32.4 Å². The first kappa shape index (κ1) is 15.8. The van der Waals surface area contributed by atoms with Crippen LogP contribution in [-0.4, -0.2) is 48.5 Å². The van der Waals surface area contributed by atoms with E-state index < -0.39 is 0 Å². The molecule has 1 aromatic rings. The summed E-state index contributed by atoms with van der Waals surface area (Å²) in [7, 11) is 0. The topological polar surface area (TPSA) is 59.0 Å². The Hall–Kier alpha value is -1.59. The van der Waals surface area contributed by atoms with Crippen molar-refractivity contribution >= 4 is 6.09 Å². The first-order valence-electron chi connectivity index (χ1n) is 7.47. The minimum absolute atomic E-state index is 0.0751. The first-order valence-corrected chi connectivity index (χ1v) is 7.47. The smallest absolute Gasteiger partial charge is 0.410 e. The lowest BCUT2D eigenvalue weighted by Crippen LogP contribution is -2.44. The molecule has 116 valence electrons. The third kappa shape index (κ3) is 5.02. The summed E-state index contributed by atoms with van der Waals surface area (Å²) in [5.74, 6) is 0. The predicted octanol–water partition coefficient (Wildman–Crippen LogP) is 2.19. The number of hydrogen-bond donors (Lipinski definition) is 1. The molecular formula is C16H23NO4. The monoisotopic (exact) mass is 293 g/mol. The Morgan fingerprint density at radius 2 is 2.00 bits per heavy atom. The number of carbonyl (C=O) groups excluding carboxylic acids is 1. The molecule has 0 saturated carbocycles. The fourth-order valence-electron chi connectivity index (χ4n) is 2.46. The molecule has 5 heteroatoms. The number of aliphatic hydroxyl groups excluding tert-OH is 1. The van der Waals surface area contributed by atoms with Crippen LogP contribution in [0.2, 0.25) is 0 Å². The summed E-state index contributed by atoms with van der Waals surface area (Å²) in [6.07, 6.45) is 1.91. The maximum absolute atomic E-state index is 12.3. The number of amides is 1. The van der Waals surface area contributed by atoms with Crippen molar-refractivity contribution in [1.82, 2.24) is 4.90 Å². The third-order valence-electron chi connectivity index (χ3n) is 3.63. The molecule has 5 nitrogen and oxygen atoms in total. The molecule has 1 saturated heterocycles. The van der Waals surface area contributed by atoms with Gasteiger partial charge >= 0.3 is 6.09 Å². The standard InChI is InChI=1S/C16H23NO4/c18-10-4-9-17(15-7-11-20-12-8-15)16(19)21-13-14-5-2-1-3-6-14/h1-3,5-6,15,18H,4,7-13H2. The predicted molar refractivity (Wildman–Crippen MR) is 78.9 cm³/mol. The minimum Gasteiger partial charge on any atom is -0.445 e. The van der Waals surface area contributed by atoms with E-state index >= 15 is 0 Å². The van der Waals surface area contributed by atoms with E-state index in [9.17, 15) is 4.79 Å². The van der Waals surface area contributed by atoms with Gasteiger partial charge in [0.15, 0.2) is 0 Å². The molecule has 1 heterocycles. The highest BCUT2D eigenvalue weighted by molar-refractivity contribution is 5.68. The van der Waals surface area contributed by atoms with Crippen LogP contribution in [0.1, 0.15) is 24.8 Å². The number of benzene rings is 1. The second-order valence-electron chi connectivity index (χ2n) is 5.15. The normalized spacial score (nSPS) is 15.7. The van der Waals surface area contributed by atoms with E-state index in [4.69, 9.17) is 14.6 Å². The molecule has 1 aromatic carbocycles. The number of aliphatic hydroxyl groups is 1. The van der Waals surface area contributed by atoms with Crippen molar-refractivity contribution in [3.8, 4) is 0 Å². The van der Waals surface area contributed by atoms with Gasteiger partial charge in [-0.15, -0.1) is 0 Å². The van der Waals surface area contributed by atoms with Crippen LogP contribution in [0.25, 0.3) is 0 Å². The fourth-order valence-corrected chi connectivity index (χ4v) is 2.46. The first-order chi connectivity index (χ1) is 10.3. The van der Waals surface area contributed by atoms with Gasteiger partial charge < -0.3 is 19.5 Å². The SMILES string of the molecule is O=C(OCc1ccccc1)N(CCCO)C1CCOCC1. The Morgan fingerprint density at radius 3 is 2.67 bits per heavy atom. The van der Waals surface area contributed by atoms with E-state index in [1.807, 2.05) is 30.3 Å². The molecule has 0 atom stereocenters. The maximum Gasteiger partial charge on any atom is 0.410 e. The quantitative estimate of drug-likeness (QED) is 0.873. The number of ether oxygens (including phenoxy) is 2. The minimum atomic E-state index is -0.306. The molecule has 1 aliphatic rings. The van der Waals surface area contributed by atoms with Crippen LogP contribution in [0, 0.1) is 0 Å². The molecule has 0 bridgehead atoms. The van der Waals surface area contributed by atoms with Gasteiger partial charge in [0.05, 0.1) is 0 Å². The summed E-state index contributed by atoms with van der Waals surface area (Å²) in [6, 6.07) is 9.78. The van der Waals surface area contributed by atoms with E-state index in [0.29, 0.717) is 26.2 Å². The molecule has 0 radical (unpaired) electrons. The zero-order chi connectivity index (χ0) is 14.9. The van der Waals surface area contributed by atoms with Gasteiger partial charge in [-0.2, -0.15) is 0 Å². The Bertz CT molecular complexity index is 418. The summed E-state index contributed by atoms with van der Waals surface area (Å²) >= 11 is 0. The van der Waals surface area contributed by atoms with Crippen molar-refractivity contribution < 1.29 is 19.4 Å². The number of carbonyl (C=O) groups is 1. The lowest BCUT2D eigenvalue weighted by Gasteiger charge is -2.33. The molecule has 1 fully saturated rings. The van der Waals surface area contributed by atoms with Gasteiger partial charge in [0.2, 0.25) is 0 Å². The van der Waals surface area contributed by atoms with Gasteiger partial charge in [-0.3, -0.25) is 0 Å². The second-order valence-corrected chi connectivity index (χ2v) is 5.15. The van der Waals surface area contributed by atoms with Gasteiger partial charge in [0.1, 0.15) is 6.61 Å². The number of nitrogens with zero attached hydrogens (tertiary/aromatic N) is 1. The molecule has 2 rings (SSSR count). The Kier molecular flexibility index (Phi) is 6.50. The lowest BCUT2D eigenvalue weighted by atomic mass is 10.1. The van der Waals surface area contributed by atoms with Gasteiger partial charge in [-0.25, -0.2) is 4.79 Å². The zero-order valence-electron chi connectivity index (χ0n) is 12.2. The van der Waals surface area contributed by atoms with Crippen LogP contribution in [-0.2, 0) is 16.1 Å². The number of rotatable bonds is 6. The molecule has 0 aliphatic carbocycles. The van der Waals surface area contributed by atoms with Gasteiger partial charge in [-0.1, -0.05) is 30.3 Å². The van der Waals surface area contributed by atoms with Crippen LogP contribution in [0.15, 0.2) is 30.3 Å². The highest BCUT2D eigenvalue weighted by Gasteiger charge is 2.26. The number of hydrogen-bond acceptors (Lipinski definition) is 4. The van der Waals surface area contributed by atoms with Crippen LogP contribution in [0.3, 0.4) is 0 Å². The molecule has 1 aliphatic heterocycles. The van der Waals surface area contributed by atoms with E-state index in [1.54, 1.807) is 4.90 Å². The van der Waals surface area contributed by atoms with E-state index in [1.165, 1.54) is 0 Å². The van der Waals surface area contributed by atoms with Crippen molar-refractivity contribution in [1.29, 1.82) is 0 Å². The lowest BCUT2D eigenvalue weighted by molar-refractivity contribution is 0.0225. The Morgan fingerprint density at radius 1 is 1.29 bits per heavy atom. The summed E-state index contributed by atoms with van der Waals surface area (Å²) in [5.41, 5.74) is 0.972. The highest BCUT2D eigenvalue weighted by Crippen LogP contribution is 2.16. The van der Waals surface area contributed by atoms with Crippen LogP contribution in [0.4, 0.5) is 4.79 Å². The molecule has 21 heavy (non-hydrogen) atoms. The third-order valence-corrected chi connectivity index (χ3v) is 3.63. The average molecular weight is 293 g/mol. The van der Waals surface area contributed by atoms with Crippen molar-refractivity contribution in [2.75, 3.05) is 26.4 Å². The fraction of sp³-hybridized carbons (Fsp3) is 0.562. The molecule has 0 unspecified atom stereocenters. The Labute approximate surface area is 125 Å². The molecule has 1 amide bonds. The van der Waals surface area contributed by atoms with Crippen LogP contribution < -0.4 is 0 Å². The molecule has 0 spiro atoms.